The molecule has 16 nitrogen and oxygen atoms in total. The highest BCUT2D eigenvalue weighted by Crippen LogP contribution is 2.38. The van der Waals surface area contributed by atoms with Crippen LogP contribution in [0.4, 0.5) is 5.82 Å². The molecule has 2 unspecified atom stereocenters. The summed E-state index contributed by atoms with van der Waals surface area (Å²) in [6, 6.07) is -1.57. The van der Waals surface area contributed by atoms with Crippen molar-refractivity contribution in [2.45, 2.75) is 50.4 Å². The smallest absolute Gasteiger partial charge is 0.264 e. The van der Waals surface area contributed by atoms with Gasteiger partial charge in [0, 0.05) is 13.1 Å². The fourth-order valence-corrected chi connectivity index (χ4v) is 6.12. The summed E-state index contributed by atoms with van der Waals surface area (Å²) >= 11 is 0. The predicted octanol–water partition coefficient (Wildman–Crippen LogP) is -2.02. The van der Waals surface area contributed by atoms with Gasteiger partial charge in [-0.15, -0.1) is 0 Å². The Morgan fingerprint density at radius 2 is 1.27 bits per heavy atom. The van der Waals surface area contributed by atoms with Gasteiger partial charge in [-0.3, -0.25) is 12.5 Å². The number of fused-ring (bicyclic) bond motifs is 1. The molecule has 0 radical (unpaired) electrons. The van der Waals surface area contributed by atoms with E-state index in [-0.39, 0.29) is 11.2 Å². The van der Waals surface area contributed by atoms with Crippen LogP contribution in [0.5, 0.6) is 0 Å². The Kier molecular flexibility index (Phi) is 8.50. The zero-order chi connectivity index (χ0) is 27.9. The fourth-order valence-electron chi connectivity index (χ4n) is 4.25. The molecule has 2 N–H and O–H groups in total. The zero-order valence-electron chi connectivity index (χ0n) is 20.6. The number of rotatable bonds is 10. The first-order valence-electron chi connectivity index (χ1n) is 10.9. The van der Waals surface area contributed by atoms with E-state index in [1.807, 2.05) is 18.7 Å². The number of aliphatic hydroxyl groups excluding tert-OH is 2. The van der Waals surface area contributed by atoms with Crippen LogP contribution in [0.25, 0.3) is 11.2 Å². The molecule has 1 aliphatic rings. The number of anilines is 1. The SMILES string of the molecule is CCN(CC)c1ncnc2c1ncn2C1[C@@H](O)[C@@H](OS(C)(=O)=O)C(OS(C)(=O)=O)[C@@H](OS(C)(=O)=O)[C@H]1O. The number of imidazole rings is 1. The van der Waals surface area contributed by atoms with Gasteiger partial charge >= 0.3 is 0 Å². The van der Waals surface area contributed by atoms with Crippen molar-refractivity contribution >= 4 is 47.3 Å². The number of aliphatic hydroxyl groups is 2. The molecule has 2 aromatic rings. The highest BCUT2D eigenvalue weighted by Gasteiger charge is 2.56. The lowest BCUT2D eigenvalue weighted by molar-refractivity contribution is -0.172. The van der Waals surface area contributed by atoms with Crippen LogP contribution in [0.2, 0.25) is 0 Å². The van der Waals surface area contributed by atoms with Gasteiger partial charge in [0.1, 0.15) is 36.8 Å². The normalized spacial score (nSPS) is 27.4. The molecule has 37 heavy (non-hydrogen) atoms. The maximum Gasteiger partial charge on any atom is 0.264 e. The molecule has 0 aliphatic heterocycles. The van der Waals surface area contributed by atoms with E-state index in [0.29, 0.717) is 37.7 Å². The molecule has 19 heteroatoms. The quantitative estimate of drug-likeness (QED) is 0.287. The van der Waals surface area contributed by atoms with Crippen molar-refractivity contribution in [2.75, 3.05) is 36.8 Å². The summed E-state index contributed by atoms with van der Waals surface area (Å²) in [6.07, 6.45) is -5.76. The lowest BCUT2D eigenvalue weighted by Gasteiger charge is -2.45. The molecule has 2 heterocycles. The van der Waals surface area contributed by atoms with Gasteiger partial charge in [0.05, 0.1) is 31.1 Å². The van der Waals surface area contributed by atoms with E-state index in [9.17, 15) is 35.5 Å². The molecular weight excluding hydrogens is 558 g/mol. The molecule has 1 saturated carbocycles. The third kappa shape index (κ3) is 6.72. The van der Waals surface area contributed by atoms with E-state index in [2.05, 4.69) is 15.0 Å². The molecule has 6 atom stereocenters. The van der Waals surface area contributed by atoms with Crippen LogP contribution in [0.3, 0.4) is 0 Å². The van der Waals surface area contributed by atoms with Gasteiger partial charge in [-0.05, 0) is 13.8 Å². The van der Waals surface area contributed by atoms with Gasteiger partial charge in [-0.25, -0.2) is 15.0 Å². The minimum atomic E-state index is -4.39. The summed E-state index contributed by atoms with van der Waals surface area (Å²) in [6.45, 7) is 4.93. The fraction of sp³-hybridized carbons (Fsp3) is 0.722. The molecule has 0 spiro atoms. The Balaban J connectivity index is 2.23. The lowest BCUT2D eigenvalue weighted by Crippen LogP contribution is -2.64. The van der Waals surface area contributed by atoms with Crippen molar-refractivity contribution < 1.29 is 48.0 Å². The molecule has 0 amide bonds. The van der Waals surface area contributed by atoms with Crippen molar-refractivity contribution in [1.82, 2.24) is 19.5 Å². The monoisotopic (exact) mass is 587 g/mol. The van der Waals surface area contributed by atoms with Crippen LogP contribution in [-0.2, 0) is 42.9 Å². The summed E-state index contributed by atoms with van der Waals surface area (Å²) in [5.74, 6) is 0.444. The third-order valence-electron chi connectivity index (χ3n) is 5.60. The molecular formula is C18H29N5O11S3. The molecule has 2 aromatic heterocycles. The summed E-state index contributed by atoms with van der Waals surface area (Å²) in [5, 5.41) is 22.4. The Hall–Kier alpha value is -2.00. The Morgan fingerprint density at radius 1 is 0.811 bits per heavy atom. The van der Waals surface area contributed by atoms with Crippen molar-refractivity contribution in [3.05, 3.63) is 12.7 Å². The lowest BCUT2D eigenvalue weighted by atomic mass is 9.83. The van der Waals surface area contributed by atoms with E-state index in [1.165, 1.54) is 17.2 Å². The number of aromatic nitrogens is 4. The van der Waals surface area contributed by atoms with Crippen LogP contribution in [-0.4, -0.2) is 117 Å². The second-order valence-electron chi connectivity index (χ2n) is 8.46. The average Bonchev–Trinajstić information content (AvgIpc) is 3.17. The maximum absolute atomic E-state index is 12.0. The van der Waals surface area contributed by atoms with Crippen molar-refractivity contribution in [2.24, 2.45) is 0 Å². The highest BCUT2D eigenvalue weighted by molar-refractivity contribution is 7.86. The van der Waals surface area contributed by atoms with E-state index < -0.39 is 66.9 Å². The minimum absolute atomic E-state index is 0.110. The Bertz CT molecular complexity index is 1390. The molecule has 210 valence electrons. The Morgan fingerprint density at radius 3 is 1.70 bits per heavy atom. The molecule has 0 saturated heterocycles. The maximum atomic E-state index is 12.0. The van der Waals surface area contributed by atoms with Crippen molar-refractivity contribution in [3.63, 3.8) is 0 Å². The molecule has 1 aliphatic carbocycles. The number of nitrogens with zero attached hydrogens (tertiary/aromatic N) is 5. The zero-order valence-corrected chi connectivity index (χ0v) is 23.0. The molecule has 0 aromatic carbocycles. The first-order chi connectivity index (χ1) is 17.0. The van der Waals surface area contributed by atoms with Gasteiger partial charge < -0.3 is 19.7 Å². The van der Waals surface area contributed by atoms with E-state index >= 15 is 0 Å². The first kappa shape index (κ1) is 29.6. The summed E-state index contributed by atoms with van der Waals surface area (Å²) in [5.41, 5.74) is 0.389. The molecule has 1 fully saturated rings. The second-order valence-corrected chi connectivity index (χ2v) is 13.3. The van der Waals surface area contributed by atoms with Gasteiger partial charge in [0.15, 0.2) is 17.0 Å². The van der Waals surface area contributed by atoms with Gasteiger partial charge in [-0.2, -0.15) is 25.3 Å². The predicted molar refractivity (Wildman–Crippen MR) is 129 cm³/mol. The average molecular weight is 588 g/mol. The highest BCUT2D eigenvalue weighted by atomic mass is 32.2. The standard InChI is InChI=1S/C18H29N5O11S3/c1-6-22(7-2)17-10-18(20-8-19-17)23(9-21-10)11-12(24)14(32-35(3,26)27)16(34-37(5,30)31)15(13(11)25)33-36(4,28)29/h8-9,11-16,24-25H,6-7H2,1-5H3/t11?,12-,13+,14-,15+,16?. The van der Waals surface area contributed by atoms with Gasteiger partial charge in [-0.1, -0.05) is 0 Å². The summed E-state index contributed by atoms with van der Waals surface area (Å²) < 4.78 is 87.9. The van der Waals surface area contributed by atoms with Crippen LogP contribution in [0.15, 0.2) is 12.7 Å². The number of hydrogen-bond donors (Lipinski definition) is 2. The second kappa shape index (κ2) is 10.6. The molecule has 3 rings (SSSR count). The van der Waals surface area contributed by atoms with Crippen molar-refractivity contribution in [1.29, 1.82) is 0 Å². The van der Waals surface area contributed by atoms with E-state index in [1.54, 1.807) is 0 Å². The topological polar surface area (TPSA) is 217 Å². The third-order valence-corrected chi connectivity index (χ3v) is 7.32. The van der Waals surface area contributed by atoms with Gasteiger partial charge in [0.2, 0.25) is 0 Å². The van der Waals surface area contributed by atoms with Gasteiger partial charge in [0.25, 0.3) is 30.4 Å². The summed E-state index contributed by atoms with van der Waals surface area (Å²) in [7, 11) is -13.1. The Labute approximate surface area is 214 Å². The molecule has 0 bridgehead atoms. The van der Waals surface area contributed by atoms with Crippen LogP contribution in [0.1, 0.15) is 19.9 Å². The minimum Gasteiger partial charge on any atom is -0.388 e. The number of hydrogen-bond acceptors (Lipinski definition) is 15. The van der Waals surface area contributed by atoms with Crippen LogP contribution in [0, 0.1) is 0 Å². The van der Waals surface area contributed by atoms with Crippen LogP contribution < -0.4 is 4.90 Å². The van der Waals surface area contributed by atoms with E-state index in [4.69, 9.17) is 12.5 Å². The first-order valence-corrected chi connectivity index (χ1v) is 16.4. The van der Waals surface area contributed by atoms with E-state index in [0.717, 1.165) is 0 Å². The largest absolute Gasteiger partial charge is 0.388 e. The van der Waals surface area contributed by atoms with Crippen LogP contribution >= 0.6 is 0 Å². The van der Waals surface area contributed by atoms with Crippen molar-refractivity contribution in [3.8, 4) is 0 Å². The summed E-state index contributed by atoms with van der Waals surface area (Å²) in [4.78, 5) is 14.6.